The van der Waals surface area contributed by atoms with Crippen LogP contribution < -0.4 is 17.7 Å². The van der Waals surface area contributed by atoms with Crippen LogP contribution >= 0.6 is 0 Å². The molecule has 7 heteroatoms. The van der Waals surface area contributed by atoms with Crippen LogP contribution in [0, 0.1) is 18.8 Å². The molecule has 3 aliphatic heterocycles. The second-order valence-corrected chi connectivity index (χ2v) is 11.0. The van der Waals surface area contributed by atoms with E-state index in [2.05, 4.69) is 40.6 Å². The van der Waals surface area contributed by atoms with Crippen LogP contribution in [-0.4, -0.2) is 53.6 Å². The van der Waals surface area contributed by atoms with E-state index in [-0.39, 0.29) is 36.3 Å². The van der Waals surface area contributed by atoms with Crippen molar-refractivity contribution >= 4 is 17.7 Å². The molecule has 6 rings (SSSR count). The summed E-state index contributed by atoms with van der Waals surface area (Å²) in [5, 5.41) is 2.96. The van der Waals surface area contributed by atoms with Gasteiger partial charge >= 0.3 is 5.97 Å². The number of rotatable bonds is 6. The number of benzene rings is 1. The van der Waals surface area contributed by atoms with Gasteiger partial charge in [0.05, 0.1) is 19.0 Å². The van der Waals surface area contributed by atoms with Crippen LogP contribution in [-0.2, 0) is 14.3 Å². The molecule has 2 bridgehead atoms. The van der Waals surface area contributed by atoms with Crippen molar-refractivity contribution in [1.82, 2.24) is 4.98 Å². The molecule has 1 amide bonds. The minimum atomic E-state index is -0.0666. The molecule has 0 spiro atoms. The standard InChI is InChI=1S/C29H37N3O3.ClH/c1-21-12-15-30-27(18-21)31-28(33)20-32-16-13-24(14-17-32)26(19-32)35-29(34)25-9-5-8-23(10-11-25)22-6-3-2-4-7-22;/h2-4,6-7,12,15,18,23-26H,5,8-11,13-14,16-17,19-20H2,1H3;1H/t23?,24?,25?,26-,32?;/m0./s1. The molecule has 6 nitrogen and oxygen atoms in total. The summed E-state index contributed by atoms with van der Waals surface area (Å²) in [6.07, 6.45) is 8.78. The Morgan fingerprint density at radius 1 is 1.03 bits per heavy atom. The number of amides is 1. The Labute approximate surface area is 220 Å². The highest BCUT2D eigenvalue weighted by atomic mass is 35.5. The molecule has 4 heterocycles. The third-order valence-corrected chi connectivity index (χ3v) is 8.54. The third-order valence-electron chi connectivity index (χ3n) is 8.54. The van der Waals surface area contributed by atoms with E-state index < -0.39 is 0 Å². The Hall–Kier alpha value is -2.44. The molecule has 3 saturated heterocycles. The van der Waals surface area contributed by atoms with E-state index in [0.717, 1.165) is 70.1 Å². The number of aryl methyl sites for hydroxylation is 1. The second kappa shape index (κ2) is 11.7. The summed E-state index contributed by atoms with van der Waals surface area (Å²) in [6.45, 7) is 5.12. The summed E-state index contributed by atoms with van der Waals surface area (Å²) < 4.78 is 6.92. The van der Waals surface area contributed by atoms with E-state index in [1.807, 2.05) is 19.1 Å². The molecule has 194 valence electrons. The highest BCUT2D eigenvalue weighted by Gasteiger charge is 2.49. The number of quaternary nitrogens is 1. The molecule has 36 heavy (non-hydrogen) atoms. The average molecular weight is 512 g/mol. The molecule has 1 aliphatic carbocycles. The quantitative estimate of drug-likeness (QED) is 0.365. The molecule has 3 atom stereocenters. The molecule has 1 saturated carbocycles. The van der Waals surface area contributed by atoms with E-state index >= 15 is 0 Å². The Bertz CT molecular complexity index is 1040. The number of anilines is 1. The predicted octanol–water partition coefficient (Wildman–Crippen LogP) is 1.85. The number of carbonyl (C=O) groups excluding carboxylic acids is 2. The second-order valence-electron chi connectivity index (χ2n) is 11.0. The van der Waals surface area contributed by atoms with Crippen molar-refractivity contribution in [3.8, 4) is 0 Å². The van der Waals surface area contributed by atoms with E-state index in [1.54, 1.807) is 6.20 Å². The lowest BCUT2D eigenvalue weighted by molar-refractivity contribution is -0.939. The number of hydrogen-bond donors (Lipinski definition) is 1. The molecule has 2 aromatic rings. The lowest BCUT2D eigenvalue weighted by Gasteiger charge is -2.51. The van der Waals surface area contributed by atoms with Crippen LogP contribution in [0.3, 0.4) is 0 Å². The number of esters is 1. The van der Waals surface area contributed by atoms with Crippen molar-refractivity contribution in [2.75, 3.05) is 31.5 Å². The number of fused-ring (bicyclic) bond motifs is 3. The first-order valence-corrected chi connectivity index (χ1v) is 13.3. The van der Waals surface area contributed by atoms with Gasteiger partial charge in [0.15, 0.2) is 12.6 Å². The SMILES string of the molecule is Cc1ccnc(NC(=O)C[N+]23CCC(CC2)[C@@H](OC(=O)C2CCCC(c4ccccc4)CC2)C3)c1.[Cl-]. The maximum Gasteiger partial charge on any atom is 0.309 e. The largest absolute Gasteiger partial charge is 1.00 e. The fourth-order valence-electron chi connectivity index (χ4n) is 6.51. The van der Waals surface area contributed by atoms with Gasteiger partial charge in [-0.2, -0.15) is 0 Å². The third kappa shape index (κ3) is 6.27. The Morgan fingerprint density at radius 2 is 1.81 bits per heavy atom. The average Bonchev–Trinajstić information content (AvgIpc) is 3.11. The topological polar surface area (TPSA) is 68.3 Å². The van der Waals surface area contributed by atoms with Crippen molar-refractivity contribution in [1.29, 1.82) is 0 Å². The van der Waals surface area contributed by atoms with Gasteiger partial charge in [0.1, 0.15) is 12.4 Å². The fraction of sp³-hybridized carbons (Fsp3) is 0.552. The Kier molecular flexibility index (Phi) is 8.68. The molecular weight excluding hydrogens is 474 g/mol. The van der Waals surface area contributed by atoms with Crippen LogP contribution in [0.5, 0.6) is 0 Å². The minimum Gasteiger partial charge on any atom is -1.00 e. The fourth-order valence-corrected chi connectivity index (χ4v) is 6.51. The molecular formula is C29H38ClN3O3. The van der Waals surface area contributed by atoms with Gasteiger partial charge in [-0.05, 0) is 61.8 Å². The summed E-state index contributed by atoms with van der Waals surface area (Å²) in [7, 11) is 0. The minimum absolute atomic E-state index is 0. The lowest BCUT2D eigenvalue weighted by atomic mass is 9.83. The van der Waals surface area contributed by atoms with E-state index in [1.165, 1.54) is 5.56 Å². The van der Waals surface area contributed by atoms with E-state index in [4.69, 9.17) is 4.74 Å². The van der Waals surface area contributed by atoms with Crippen molar-refractivity contribution in [3.05, 3.63) is 59.8 Å². The highest BCUT2D eigenvalue weighted by molar-refractivity contribution is 5.90. The summed E-state index contributed by atoms with van der Waals surface area (Å²) in [4.78, 5) is 30.3. The smallest absolute Gasteiger partial charge is 0.309 e. The first kappa shape index (κ1) is 26.6. The molecule has 4 fully saturated rings. The number of halogens is 1. The van der Waals surface area contributed by atoms with Gasteiger partial charge in [0.25, 0.3) is 5.91 Å². The number of nitrogens with zero attached hydrogens (tertiary/aromatic N) is 2. The predicted molar refractivity (Wildman–Crippen MR) is 136 cm³/mol. The number of hydrogen-bond acceptors (Lipinski definition) is 4. The first-order chi connectivity index (χ1) is 17.0. The number of carbonyl (C=O) groups is 2. The van der Waals surface area contributed by atoms with Crippen LogP contribution in [0.2, 0.25) is 0 Å². The van der Waals surface area contributed by atoms with Crippen LogP contribution in [0.1, 0.15) is 62.0 Å². The van der Waals surface area contributed by atoms with Gasteiger partial charge in [0.2, 0.25) is 0 Å². The molecule has 4 aliphatic rings. The van der Waals surface area contributed by atoms with Gasteiger partial charge in [0, 0.05) is 25.0 Å². The number of pyridine rings is 1. The molecule has 1 N–H and O–H groups in total. The van der Waals surface area contributed by atoms with Gasteiger partial charge < -0.3 is 26.9 Å². The number of aromatic nitrogens is 1. The van der Waals surface area contributed by atoms with Crippen molar-refractivity contribution in [2.24, 2.45) is 11.8 Å². The van der Waals surface area contributed by atoms with Gasteiger partial charge in [-0.25, -0.2) is 4.98 Å². The molecule has 2 unspecified atom stereocenters. The summed E-state index contributed by atoms with van der Waals surface area (Å²) in [5.41, 5.74) is 2.46. The van der Waals surface area contributed by atoms with Gasteiger partial charge in [-0.15, -0.1) is 0 Å². The van der Waals surface area contributed by atoms with Gasteiger partial charge in [-0.3, -0.25) is 9.59 Å². The van der Waals surface area contributed by atoms with Crippen LogP contribution in [0.4, 0.5) is 5.82 Å². The lowest BCUT2D eigenvalue weighted by Crippen LogP contribution is -3.00. The zero-order valence-electron chi connectivity index (χ0n) is 21.2. The van der Waals surface area contributed by atoms with Crippen molar-refractivity contribution < 1.29 is 31.2 Å². The number of piperidine rings is 3. The normalized spacial score (nSPS) is 29.5. The van der Waals surface area contributed by atoms with Gasteiger partial charge in [-0.1, -0.05) is 36.8 Å². The molecule has 1 aromatic heterocycles. The van der Waals surface area contributed by atoms with Crippen LogP contribution in [0.25, 0.3) is 0 Å². The number of ether oxygens (including phenoxy) is 1. The zero-order chi connectivity index (χ0) is 24.3. The maximum atomic E-state index is 13.2. The summed E-state index contributed by atoms with van der Waals surface area (Å²) >= 11 is 0. The van der Waals surface area contributed by atoms with Crippen molar-refractivity contribution in [3.63, 3.8) is 0 Å². The monoisotopic (exact) mass is 511 g/mol. The maximum absolute atomic E-state index is 13.2. The summed E-state index contributed by atoms with van der Waals surface area (Å²) in [5.74, 6) is 1.56. The van der Waals surface area contributed by atoms with Crippen molar-refractivity contribution in [2.45, 2.75) is 63.9 Å². The molecule has 0 radical (unpaired) electrons. The Balaban J connectivity index is 0.00000304. The van der Waals surface area contributed by atoms with E-state index in [0.29, 0.717) is 28.7 Å². The zero-order valence-corrected chi connectivity index (χ0v) is 22.0. The highest BCUT2D eigenvalue weighted by Crippen LogP contribution is 2.38. The first-order valence-electron chi connectivity index (χ1n) is 13.3. The summed E-state index contributed by atoms with van der Waals surface area (Å²) in [6, 6.07) is 14.5. The molecule has 1 aromatic carbocycles. The van der Waals surface area contributed by atoms with E-state index in [9.17, 15) is 9.59 Å². The Morgan fingerprint density at radius 3 is 2.56 bits per heavy atom. The van der Waals surface area contributed by atoms with Crippen LogP contribution in [0.15, 0.2) is 48.7 Å². The number of nitrogens with one attached hydrogen (secondary N) is 1.